The van der Waals surface area contributed by atoms with Crippen LogP contribution in [0.25, 0.3) is 44.3 Å². The van der Waals surface area contributed by atoms with Crippen molar-refractivity contribution in [3.8, 4) is 34.5 Å². The number of nitrogens with zero attached hydrogens (tertiary/aromatic N) is 5. The summed E-state index contributed by atoms with van der Waals surface area (Å²) in [6.07, 6.45) is 5.02. The van der Waals surface area contributed by atoms with E-state index < -0.39 is 6.98 Å². The fourth-order valence-corrected chi connectivity index (χ4v) is 7.50. The summed E-state index contributed by atoms with van der Waals surface area (Å²) in [6.45, 7) is 4.21. The summed E-state index contributed by atoms with van der Waals surface area (Å²) in [4.78, 5) is 7.08. The van der Waals surface area contributed by atoms with Crippen LogP contribution in [-0.4, -0.2) is 14.1 Å². The van der Waals surface area contributed by atoms with E-state index in [1.54, 1.807) is 10.6 Å². The lowest BCUT2D eigenvalue weighted by atomic mass is 9.88. The van der Waals surface area contributed by atoms with E-state index >= 15 is 0 Å². The van der Waals surface area contributed by atoms with Crippen LogP contribution in [0.2, 0.25) is 0 Å². The van der Waals surface area contributed by atoms with Gasteiger partial charge in [-0.05, 0) is 77.7 Å². The quantitative estimate of drug-likeness (QED) is 0.136. The van der Waals surface area contributed by atoms with Crippen LogP contribution in [0.15, 0.2) is 152 Å². The molecule has 3 aromatic heterocycles. The number of rotatable bonds is 3. The summed E-state index contributed by atoms with van der Waals surface area (Å²) >= 11 is 0. The van der Waals surface area contributed by atoms with Gasteiger partial charge in [-0.15, -0.1) is 0 Å². The lowest BCUT2D eigenvalue weighted by Gasteiger charge is -2.28. The van der Waals surface area contributed by atoms with Crippen LogP contribution in [0.4, 0.5) is 17.1 Å². The van der Waals surface area contributed by atoms with Crippen molar-refractivity contribution in [1.29, 1.82) is 0 Å². The van der Waals surface area contributed by atoms with Gasteiger partial charge in [-0.25, -0.2) is 4.98 Å². The third kappa shape index (κ3) is 5.11. The molecule has 4 heterocycles. The molecular formula is C47H37N5O2. The van der Waals surface area contributed by atoms with E-state index in [-0.39, 0.29) is 5.41 Å². The Hall–Kier alpha value is -6.86. The summed E-state index contributed by atoms with van der Waals surface area (Å²) in [5.74, 6) is 3.23. The molecule has 1 aliphatic rings. The first-order chi connectivity index (χ1) is 27.5. The van der Waals surface area contributed by atoms with Crippen LogP contribution in [0.1, 0.15) is 30.4 Å². The monoisotopic (exact) mass is 706 g/mol. The predicted octanol–water partition coefficient (Wildman–Crippen LogP) is 11.4. The van der Waals surface area contributed by atoms with Crippen LogP contribution in [0.3, 0.4) is 0 Å². The molecule has 0 fully saturated rings. The topological polar surface area (TPSA) is 48.3 Å². The second-order valence-corrected chi connectivity index (χ2v) is 14.6. The maximum absolute atomic E-state index is 8.25. The van der Waals surface area contributed by atoms with Crippen molar-refractivity contribution >= 4 is 49.9 Å². The molecule has 7 heteroatoms. The summed E-state index contributed by atoms with van der Waals surface area (Å²) in [5.41, 5.74) is 7.42. The van der Waals surface area contributed by atoms with Crippen molar-refractivity contribution in [3.05, 3.63) is 164 Å². The molecule has 262 valence electrons. The Balaban J connectivity index is 1.28. The van der Waals surface area contributed by atoms with Gasteiger partial charge in [0.25, 0.3) is 0 Å². The minimum atomic E-state index is -2.42. The van der Waals surface area contributed by atoms with E-state index in [1.165, 1.54) is 10.1 Å². The van der Waals surface area contributed by atoms with Gasteiger partial charge in [0.15, 0.2) is 23.0 Å². The van der Waals surface area contributed by atoms with Crippen molar-refractivity contribution in [2.75, 3.05) is 4.90 Å². The van der Waals surface area contributed by atoms with Crippen LogP contribution in [-0.2, 0) is 12.4 Å². The molecule has 10 rings (SSSR count). The first kappa shape index (κ1) is 28.7. The van der Waals surface area contributed by atoms with Crippen molar-refractivity contribution in [3.63, 3.8) is 0 Å². The zero-order chi connectivity index (χ0) is 39.1. The highest BCUT2D eigenvalue weighted by atomic mass is 16.5. The summed E-state index contributed by atoms with van der Waals surface area (Å²) in [5, 5.41) is 2.08. The minimum Gasteiger partial charge on any atom is -0.451 e. The van der Waals surface area contributed by atoms with E-state index in [1.807, 2.05) is 97.2 Å². The molecule has 7 nitrogen and oxygen atoms in total. The lowest BCUT2D eigenvalue weighted by molar-refractivity contribution is -0.649. The number of hydrogen-bond acceptors (Lipinski definition) is 4. The zero-order valence-corrected chi connectivity index (χ0v) is 30.0. The molecule has 0 saturated carbocycles. The molecule has 0 bridgehead atoms. The number of imidazole rings is 1. The summed E-state index contributed by atoms with van der Waals surface area (Å²) in [6, 6.07) is 48.0. The number of fused-ring (bicyclic) bond motifs is 7. The van der Waals surface area contributed by atoms with E-state index in [0.717, 1.165) is 55.9 Å². The average molecular weight is 707 g/mol. The molecule has 0 atom stereocenters. The molecule has 0 saturated heterocycles. The Labute approximate surface area is 317 Å². The molecule has 54 heavy (non-hydrogen) atoms. The Bertz CT molecular complexity index is 3030. The molecule has 0 unspecified atom stereocenters. The van der Waals surface area contributed by atoms with Crippen molar-refractivity contribution in [2.45, 2.75) is 26.2 Å². The highest BCUT2D eigenvalue weighted by Gasteiger charge is 2.27. The third-order valence-corrected chi connectivity index (χ3v) is 10.1. The maximum Gasteiger partial charge on any atom is 0.244 e. The smallest absolute Gasteiger partial charge is 0.244 e. The molecule has 9 aromatic rings. The van der Waals surface area contributed by atoms with Gasteiger partial charge in [0.05, 0.1) is 50.2 Å². The molecular weight excluding hydrogens is 667 g/mol. The maximum atomic E-state index is 8.25. The number of aromatic nitrogens is 4. The first-order valence-corrected chi connectivity index (χ1v) is 18.0. The normalized spacial score (nSPS) is 13.8. The van der Waals surface area contributed by atoms with Crippen molar-refractivity contribution in [2.24, 2.45) is 6.98 Å². The molecule has 0 radical (unpaired) electrons. The van der Waals surface area contributed by atoms with Crippen molar-refractivity contribution in [1.82, 2.24) is 14.1 Å². The number of anilines is 3. The van der Waals surface area contributed by atoms with Crippen molar-refractivity contribution < 1.29 is 18.2 Å². The standard InChI is InChI=1S/C47H37N5O2/c1-47(2,3)31-24-25-48-46(26-31)52-36-17-6-5-16-34(36)35-28-45-41(29-40(35)52)51(39-20-9-10-21-42(39)53-43-22-11-12-23-44(43)54-45)33-15-13-14-32(27-33)50-30-49(4)37-18-7-8-19-38(37)50/h5-29H,1-4H3/i4D3. The molecule has 0 spiro atoms. The highest BCUT2D eigenvalue weighted by molar-refractivity contribution is 6.11. The number of benzene rings is 6. The van der Waals surface area contributed by atoms with Gasteiger partial charge in [0, 0.05) is 22.7 Å². The number of aryl methyl sites for hydroxylation is 1. The van der Waals surface area contributed by atoms with Gasteiger partial charge in [-0.3, -0.25) is 4.57 Å². The first-order valence-electron chi connectivity index (χ1n) is 19.5. The molecule has 1 aliphatic heterocycles. The number of ether oxygens (including phenoxy) is 2. The van der Waals surface area contributed by atoms with E-state index in [0.29, 0.717) is 28.5 Å². The lowest BCUT2D eigenvalue weighted by Crippen LogP contribution is -2.26. The fourth-order valence-electron chi connectivity index (χ4n) is 7.50. The SMILES string of the molecule is [2H]C([2H])([2H])[n+]1[c-]n(-c2cccc(N3c4ccccc4Oc4ccccc4Oc4cc5c6ccccc6n(-c6cc(C(C)(C)C)ccn6)c5cc43)c2)c2ccccc21. The van der Waals surface area contributed by atoms with Crippen LogP contribution < -0.4 is 18.9 Å². The zero-order valence-electron chi connectivity index (χ0n) is 33.0. The van der Waals surface area contributed by atoms with Crippen LogP contribution in [0.5, 0.6) is 23.0 Å². The van der Waals surface area contributed by atoms with Gasteiger partial charge < -0.3 is 23.5 Å². The van der Waals surface area contributed by atoms with Crippen LogP contribution >= 0.6 is 0 Å². The highest BCUT2D eigenvalue weighted by Crippen LogP contribution is 2.51. The second-order valence-electron chi connectivity index (χ2n) is 14.6. The van der Waals surface area contributed by atoms with E-state index in [4.69, 9.17) is 18.6 Å². The molecule has 6 aromatic carbocycles. The van der Waals surface area contributed by atoms with Gasteiger partial charge in [-0.1, -0.05) is 99.6 Å². The fraction of sp³-hybridized carbons (Fsp3) is 0.106. The van der Waals surface area contributed by atoms with Gasteiger partial charge in [0.1, 0.15) is 5.82 Å². The Morgan fingerprint density at radius 1 is 0.611 bits per heavy atom. The number of pyridine rings is 1. The Morgan fingerprint density at radius 2 is 1.31 bits per heavy atom. The van der Waals surface area contributed by atoms with E-state index in [2.05, 4.69) is 85.1 Å². The molecule has 0 amide bonds. The van der Waals surface area contributed by atoms with Gasteiger partial charge in [-0.2, -0.15) is 0 Å². The largest absolute Gasteiger partial charge is 0.451 e. The Morgan fingerprint density at radius 3 is 2.13 bits per heavy atom. The average Bonchev–Trinajstić information content (AvgIpc) is 3.77. The summed E-state index contributed by atoms with van der Waals surface area (Å²) in [7, 11) is 0. The van der Waals surface area contributed by atoms with Gasteiger partial charge >= 0.3 is 0 Å². The predicted molar refractivity (Wildman–Crippen MR) is 215 cm³/mol. The number of hydrogen-bond donors (Lipinski definition) is 0. The van der Waals surface area contributed by atoms with E-state index in [9.17, 15) is 0 Å². The molecule has 0 aliphatic carbocycles. The summed E-state index contributed by atoms with van der Waals surface area (Å²) < 4.78 is 43.6. The van der Waals surface area contributed by atoms with Crippen LogP contribution in [0, 0.1) is 6.33 Å². The number of para-hydroxylation sites is 7. The minimum absolute atomic E-state index is 0.0813. The Kier molecular flexibility index (Phi) is 6.43. The third-order valence-electron chi connectivity index (χ3n) is 10.1. The second kappa shape index (κ2) is 12.1. The van der Waals surface area contributed by atoms with Gasteiger partial charge in [0.2, 0.25) is 6.33 Å². The molecule has 0 N–H and O–H groups in total.